The molecule has 9 heteroatoms. The van der Waals surface area contributed by atoms with E-state index in [1.165, 1.54) is 4.90 Å². The molecule has 1 aliphatic rings. The van der Waals surface area contributed by atoms with Gasteiger partial charge in [0.05, 0.1) is 12.7 Å². The summed E-state index contributed by atoms with van der Waals surface area (Å²) in [4.78, 5) is 23.8. The number of nitrogens with one attached hydrogen (secondary N) is 1. The number of ether oxygens (including phenoxy) is 2. The largest absolute Gasteiger partial charge is 0.490 e. The first-order valence-corrected chi connectivity index (χ1v) is 6.13. The zero-order valence-corrected chi connectivity index (χ0v) is 11.2. The van der Waals surface area contributed by atoms with E-state index in [1.54, 1.807) is 0 Å². The fourth-order valence-corrected chi connectivity index (χ4v) is 1.58. The number of carbonyl (C=O) groups excluding carboxylic acids is 2. The molecular formula is C11H17F3N2O4. The predicted octanol–water partition coefficient (Wildman–Crippen LogP) is 0.275. The molecule has 0 aromatic carbocycles. The predicted molar refractivity (Wildman–Crippen MR) is 61.6 cm³/mol. The second-order valence-electron chi connectivity index (χ2n) is 4.48. The van der Waals surface area contributed by atoms with E-state index in [4.69, 9.17) is 4.74 Å². The lowest BCUT2D eigenvalue weighted by Crippen LogP contribution is -2.58. The molecule has 1 amide bonds. The van der Waals surface area contributed by atoms with Crippen molar-refractivity contribution in [3.8, 4) is 0 Å². The summed E-state index contributed by atoms with van der Waals surface area (Å²) >= 11 is 0. The number of alkyl halides is 3. The van der Waals surface area contributed by atoms with Gasteiger partial charge in [0.15, 0.2) is 0 Å². The fourth-order valence-electron chi connectivity index (χ4n) is 1.58. The number of nitrogens with zero attached hydrogens (tertiary/aromatic N) is 1. The summed E-state index contributed by atoms with van der Waals surface area (Å²) in [6, 6.07) is 0. The van der Waals surface area contributed by atoms with Crippen molar-refractivity contribution >= 4 is 11.9 Å². The Kier molecular flexibility index (Phi) is 5.75. The van der Waals surface area contributed by atoms with Gasteiger partial charge in [0.1, 0.15) is 0 Å². The molecule has 0 radical (unpaired) electrons. The molecule has 1 saturated heterocycles. The van der Waals surface area contributed by atoms with E-state index in [-0.39, 0.29) is 25.8 Å². The molecule has 1 fully saturated rings. The molecule has 6 nitrogen and oxygen atoms in total. The van der Waals surface area contributed by atoms with Crippen molar-refractivity contribution in [3.63, 3.8) is 0 Å². The fraction of sp³-hybridized carbons (Fsp3) is 0.818. The minimum absolute atomic E-state index is 0.00753. The molecule has 0 saturated carbocycles. The number of hydrogen-bond acceptors (Lipinski definition) is 5. The Balaban J connectivity index is 2.50. The van der Waals surface area contributed by atoms with Gasteiger partial charge in [0.2, 0.25) is 6.23 Å². The Labute approximate surface area is 114 Å². The smallest absolute Gasteiger partial charge is 0.430 e. The molecule has 0 spiro atoms. The number of halogens is 3. The van der Waals surface area contributed by atoms with Crippen molar-refractivity contribution in [1.82, 2.24) is 10.2 Å². The van der Waals surface area contributed by atoms with Crippen molar-refractivity contribution in [2.45, 2.75) is 32.4 Å². The highest BCUT2D eigenvalue weighted by Crippen LogP contribution is 2.18. The highest BCUT2D eigenvalue weighted by Gasteiger charge is 2.44. The van der Waals surface area contributed by atoms with Gasteiger partial charge < -0.3 is 14.4 Å². The van der Waals surface area contributed by atoms with Crippen LogP contribution in [0.5, 0.6) is 0 Å². The first-order valence-electron chi connectivity index (χ1n) is 6.13. The number of amides is 1. The molecule has 1 aliphatic heterocycles. The average molecular weight is 298 g/mol. The SMILES string of the molecule is CC(C)OCCN1CCNC(OC(=O)C(F)(F)F)C1=O. The zero-order valence-electron chi connectivity index (χ0n) is 11.2. The third kappa shape index (κ3) is 4.97. The lowest BCUT2D eigenvalue weighted by atomic mass is 10.3. The lowest BCUT2D eigenvalue weighted by Gasteiger charge is -2.32. The van der Waals surface area contributed by atoms with Crippen LogP contribution in [0.4, 0.5) is 13.2 Å². The molecule has 1 atom stereocenters. The Morgan fingerprint density at radius 3 is 2.70 bits per heavy atom. The molecular weight excluding hydrogens is 281 g/mol. The van der Waals surface area contributed by atoms with Crippen LogP contribution in [-0.4, -0.2) is 61.5 Å². The van der Waals surface area contributed by atoms with E-state index in [9.17, 15) is 22.8 Å². The van der Waals surface area contributed by atoms with Crippen molar-refractivity contribution in [2.24, 2.45) is 0 Å². The van der Waals surface area contributed by atoms with Crippen LogP contribution in [-0.2, 0) is 19.1 Å². The summed E-state index contributed by atoms with van der Waals surface area (Å²) in [5.41, 5.74) is 0. The first kappa shape index (κ1) is 16.7. The Hall–Kier alpha value is -1.35. The quantitative estimate of drug-likeness (QED) is 0.738. The highest BCUT2D eigenvalue weighted by atomic mass is 19.4. The van der Waals surface area contributed by atoms with Gasteiger partial charge in [-0.25, -0.2) is 4.79 Å². The topological polar surface area (TPSA) is 67.9 Å². The van der Waals surface area contributed by atoms with Crippen LogP contribution in [0.3, 0.4) is 0 Å². The van der Waals surface area contributed by atoms with Gasteiger partial charge in [0, 0.05) is 19.6 Å². The summed E-state index contributed by atoms with van der Waals surface area (Å²) < 4.78 is 45.6. The molecule has 116 valence electrons. The van der Waals surface area contributed by atoms with E-state index >= 15 is 0 Å². The molecule has 0 aliphatic carbocycles. The van der Waals surface area contributed by atoms with Gasteiger partial charge >= 0.3 is 12.1 Å². The van der Waals surface area contributed by atoms with Crippen LogP contribution in [0.2, 0.25) is 0 Å². The number of esters is 1. The number of piperazine rings is 1. The van der Waals surface area contributed by atoms with Crippen LogP contribution in [0, 0.1) is 0 Å². The highest BCUT2D eigenvalue weighted by molar-refractivity contribution is 5.85. The molecule has 1 unspecified atom stereocenters. The van der Waals surface area contributed by atoms with Gasteiger partial charge in [-0.1, -0.05) is 0 Å². The lowest BCUT2D eigenvalue weighted by molar-refractivity contribution is -0.209. The van der Waals surface area contributed by atoms with E-state index in [2.05, 4.69) is 10.1 Å². The van der Waals surface area contributed by atoms with Gasteiger partial charge in [-0.15, -0.1) is 0 Å². The van der Waals surface area contributed by atoms with Crippen LogP contribution in [0.1, 0.15) is 13.8 Å². The number of carbonyl (C=O) groups is 2. The standard InChI is InChI=1S/C11H17F3N2O4/c1-7(2)19-6-5-16-4-3-15-8(9(16)17)20-10(18)11(12,13)14/h7-8,15H,3-6H2,1-2H3. The van der Waals surface area contributed by atoms with E-state index < -0.39 is 24.3 Å². The van der Waals surface area contributed by atoms with Crippen molar-refractivity contribution in [1.29, 1.82) is 0 Å². The van der Waals surface area contributed by atoms with Crippen LogP contribution in [0.15, 0.2) is 0 Å². The van der Waals surface area contributed by atoms with Crippen molar-refractivity contribution in [2.75, 3.05) is 26.2 Å². The second-order valence-corrected chi connectivity index (χ2v) is 4.48. The second kappa shape index (κ2) is 6.89. The summed E-state index contributed by atoms with van der Waals surface area (Å²) in [7, 11) is 0. The summed E-state index contributed by atoms with van der Waals surface area (Å²) in [6.45, 7) is 4.71. The van der Waals surface area contributed by atoms with Gasteiger partial charge in [-0.05, 0) is 13.8 Å². The summed E-state index contributed by atoms with van der Waals surface area (Å²) in [5, 5.41) is 2.43. The van der Waals surface area contributed by atoms with Crippen LogP contribution >= 0.6 is 0 Å². The number of rotatable bonds is 5. The maximum atomic E-state index is 12.1. The zero-order chi connectivity index (χ0) is 15.3. The summed E-state index contributed by atoms with van der Waals surface area (Å²) in [6.07, 6.45) is -6.73. The molecule has 0 aromatic heterocycles. The van der Waals surface area contributed by atoms with Gasteiger partial charge in [-0.3, -0.25) is 10.1 Å². The molecule has 0 bridgehead atoms. The van der Waals surface area contributed by atoms with E-state index in [0.717, 1.165) is 0 Å². The summed E-state index contributed by atoms with van der Waals surface area (Å²) in [5.74, 6) is -3.09. The minimum Gasteiger partial charge on any atom is -0.430 e. The molecule has 0 aromatic rings. The molecule has 1 rings (SSSR count). The molecule has 1 N–H and O–H groups in total. The van der Waals surface area contributed by atoms with Gasteiger partial charge in [0.25, 0.3) is 5.91 Å². The van der Waals surface area contributed by atoms with E-state index in [1.807, 2.05) is 13.8 Å². The Morgan fingerprint density at radius 1 is 1.50 bits per heavy atom. The Morgan fingerprint density at radius 2 is 2.15 bits per heavy atom. The number of hydrogen-bond donors (Lipinski definition) is 1. The normalized spacial score (nSPS) is 20.4. The maximum Gasteiger partial charge on any atom is 0.490 e. The van der Waals surface area contributed by atoms with Crippen molar-refractivity contribution in [3.05, 3.63) is 0 Å². The van der Waals surface area contributed by atoms with Crippen molar-refractivity contribution < 1.29 is 32.2 Å². The third-order valence-corrected chi connectivity index (χ3v) is 2.52. The minimum atomic E-state index is -5.12. The monoisotopic (exact) mass is 298 g/mol. The third-order valence-electron chi connectivity index (χ3n) is 2.52. The first-order chi connectivity index (χ1) is 9.21. The van der Waals surface area contributed by atoms with Crippen LogP contribution in [0.25, 0.3) is 0 Å². The average Bonchev–Trinajstić information content (AvgIpc) is 2.32. The maximum absolute atomic E-state index is 12.1. The van der Waals surface area contributed by atoms with E-state index in [0.29, 0.717) is 6.54 Å². The molecule has 20 heavy (non-hydrogen) atoms. The van der Waals surface area contributed by atoms with Gasteiger partial charge in [-0.2, -0.15) is 13.2 Å². The Bertz CT molecular complexity index is 360. The van der Waals surface area contributed by atoms with Crippen LogP contribution < -0.4 is 5.32 Å². The molecule has 1 heterocycles.